The summed E-state index contributed by atoms with van der Waals surface area (Å²) in [5.74, 6) is -1.41. The summed E-state index contributed by atoms with van der Waals surface area (Å²) in [4.78, 5) is 34.5. The van der Waals surface area contributed by atoms with E-state index in [1.165, 1.54) is 6.33 Å². The molecule has 2 saturated heterocycles. The van der Waals surface area contributed by atoms with Crippen LogP contribution in [0.15, 0.2) is 23.3 Å². The van der Waals surface area contributed by atoms with Crippen molar-refractivity contribution < 1.29 is 23.7 Å². The Hall–Kier alpha value is -2.76. The summed E-state index contributed by atoms with van der Waals surface area (Å²) >= 11 is 0. The first-order valence-electron chi connectivity index (χ1n) is 8.72. The van der Waals surface area contributed by atoms with E-state index < -0.39 is 41.9 Å². The average Bonchev–Trinajstić information content (AvgIpc) is 3.23. The summed E-state index contributed by atoms with van der Waals surface area (Å²) in [6.45, 7) is 8.65. The molecule has 11 heteroatoms. The number of nitrogens with zero attached hydrogens (tertiary/aromatic N) is 3. The maximum absolute atomic E-state index is 12.1. The van der Waals surface area contributed by atoms with E-state index in [0.29, 0.717) is 0 Å². The number of hydrogen-bond donors (Lipinski definition) is 2. The van der Waals surface area contributed by atoms with Gasteiger partial charge < -0.3 is 24.7 Å². The third kappa shape index (κ3) is 3.07. The van der Waals surface area contributed by atoms with Gasteiger partial charge in [-0.25, -0.2) is 9.78 Å². The Morgan fingerprint density at radius 1 is 1.43 bits per heavy atom. The van der Waals surface area contributed by atoms with Crippen molar-refractivity contribution >= 4 is 23.1 Å². The Kier molecular flexibility index (Phi) is 4.25. The highest BCUT2D eigenvalue weighted by molar-refractivity contribution is 5.86. The zero-order valence-electron chi connectivity index (χ0n) is 15.7. The molecule has 2 aromatic rings. The number of esters is 1. The minimum atomic E-state index is -0.853. The van der Waals surface area contributed by atoms with Gasteiger partial charge in [0.25, 0.3) is 5.56 Å². The van der Waals surface area contributed by atoms with Crippen molar-refractivity contribution in [3.8, 4) is 0 Å². The molecular weight excluding hydrogens is 370 g/mol. The van der Waals surface area contributed by atoms with Crippen LogP contribution in [-0.4, -0.2) is 56.2 Å². The number of carbonyl (C=O) groups excluding carboxylic acids is 1. The summed E-state index contributed by atoms with van der Waals surface area (Å²) in [6.07, 6.45) is -0.862. The van der Waals surface area contributed by atoms with E-state index in [4.69, 9.17) is 24.7 Å². The van der Waals surface area contributed by atoms with Gasteiger partial charge in [0.05, 0.1) is 6.33 Å². The molecule has 150 valence electrons. The SMILES string of the molecule is C=C(C)C(=O)OC[C@H]1O[C@@H](n2cnc3c(=O)[nH]c(N)nc32)[C@@H]2OC(C)(C)O[C@@H]21. The van der Waals surface area contributed by atoms with E-state index in [-0.39, 0.29) is 29.3 Å². The maximum atomic E-state index is 12.1. The number of anilines is 1. The van der Waals surface area contributed by atoms with E-state index in [0.717, 1.165) is 0 Å². The Morgan fingerprint density at radius 3 is 2.86 bits per heavy atom. The minimum Gasteiger partial charge on any atom is -0.459 e. The summed E-state index contributed by atoms with van der Waals surface area (Å²) in [6, 6.07) is 0. The molecule has 11 nitrogen and oxygen atoms in total. The number of aromatic amines is 1. The van der Waals surface area contributed by atoms with Crippen LogP contribution in [0, 0.1) is 0 Å². The van der Waals surface area contributed by atoms with Crippen LogP contribution in [0.25, 0.3) is 11.2 Å². The highest BCUT2D eigenvalue weighted by Crippen LogP contribution is 2.43. The van der Waals surface area contributed by atoms with Crippen LogP contribution in [-0.2, 0) is 23.7 Å². The van der Waals surface area contributed by atoms with Gasteiger partial charge in [-0.2, -0.15) is 4.98 Å². The van der Waals surface area contributed by atoms with Gasteiger partial charge in [-0.3, -0.25) is 14.3 Å². The van der Waals surface area contributed by atoms with Crippen molar-refractivity contribution in [1.29, 1.82) is 0 Å². The number of nitrogens with two attached hydrogens (primary N) is 1. The Labute approximate surface area is 159 Å². The van der Waals surface area contributed by atoms with Crippen LogP contribution in [0.5, 0.6) is 0 Å². The van der Waals surface area contributed by atoms with E-state index in [1.807, 2.05) is 0 Å². The highest BCUT2D eigenvalue weighted by Gasteiger charge is 2.56. The van der Waals surface area contributed by atoms with E-state index in [1.54, 1.807) is 25.3 Å². The fourth-order valence-corrected chi connectivity index (χ4v) is 3.43. The molecule has 2 aliphatic heterocycles. The smallest absolute Gasteiger partial charge is 0.333 e. The molecular formula is C17H21N5O6. The molecule has 0 bridgehead atoms. The lowest BCUT2D eigenvalue weighted by Gasteiger charge is -2.24. The second kappa shape index (κ2) is 6.40. The van der Waals surface area contributed by atoms with Crippen LogP contribution in [0.3, 0.4) is 0 Å². The van der Waals surface area contributed by atoms with Crippen molar-refractivity contribution in [2.45, 2.75) is 51.1 Å². The summed E-state index contributed by atoms with van der Waals surface area (Å²) in [7, 11) is 0. The first kappa shape index (κ1) is 18.6. The molecule has 28 heavy (non-hydrogen) atoms. The van der Waals surface area contributed by atoms with Crippen LogP contribution >= 0.6 is 0 Å². The second-order valence-corrected chi connectivity index (χ2v) is 7.28. The number of nitrogen functional groups attached to an aromatic ring is 1. The topological polar surface area (TPSA) is 144 Å². The van der Waals surface area contributed by atoms with Gasteiger partial charge in [0.15, 0.2) is 23.2 Å². The fourth-order valence-electron chi connectivity index (χ4n) is 3.43. The Bertz CT molecular complexity index is 1010. The van der Waals surface area contributed by atoms with Crippen LogP contribution in [0.4, 0.5) is 5.95 Å². The predicted molar refractivity (Wildman–Crippen MR) is 96.1 cm³/mol. The lowest BCUT2D eigenvalue weighted by Crippen LogP contribution is -2.33. The number of rotatable bonds is 4. The zero-order chi connectivity index (χ0) is 20.2. The average molecular weight is 391 g/mol. The molecule has 0 unspecified atom stereocenters. The second-order valence-electron chi connectivity index (χ2n) is 7.28. The summed E-state index contributed by atoms with van der Waals surface area (Å²) in [5.41, 5.74) is 5.89. The molecule has 0 saturated carbocycles. The zero-order valence-corrected chi connectivity index (χ0v) is 15.7. The van der Waals surface area contributed by atoms with E-state index in [2.05, 4.69) is 21.5 Å². The molecule has 2 fully saturated rings. The molecule has 2 aromatic heterocycles. The first-order valence-corrected chi connectivity index (χ1v) is 8.72. The predicted octanol–water partition coefficient (Wildman–Crippen LogP) is 0.239. The third-order valence-corrected chi connectivity index (χ3v) is 4.58. The number of nitrogens with one attached hydrogen (secondary N) is 1. The number of imidazole rings is 1. The highest BCUT2D eigenvalue weighted by atomic mass is 16.8. The van der Waals surface area contributed by atoms with Gasteiger partial charge in [-0.1, -0.05) is 6.58 Å². The van der Waals surface area contributed by atoms with Crippen molar-refractivity contribution in [1.82, 2.24) is 19.5 Å². The molecule has 4 heterocycles. The quantitative estimate of drug-likeness (QED) is 0.553. The molecule has 3 N–H and O–H groups in total. The van der Waals surface area contributed by atoms with Crippen molar-refractivity contribution in [2.24, 2.45) is 0 Å². The van der Waals surface area contributed by atoms with Gasteiger partial charge >= 0.3 is 5.97 Å². The first-order chi connectivity index (χ1) is 13.2. The number of aromatic nitrogens is 4. The number of carbonyl (C=O) groups is 1. The van der Waals surface area contributed by atoms with Gasteiger partial charge in [-0.05, 0) is 20.8 Å². The standard InChI is InChI=1S/C17H21N5O6/c1-7(2)15(24)25-5-8-10-11(28-17(3,4)27-10)14(26-8)22-6-19-9-12(22)20-16(18)21-13(9)23/h6,8,10-11,14H,1,5H2,2-4H3,(H3,18,20,21,23)/t8-,10-,11-,14-/m1/s1. The van der Waals surface area contributed by atoms with E-state index in [9.17, 15) is 9.59 Å². The number of hydrogen-bond acceptors (Lipinski definition) is 9. The lowest BCUT2D eigenvalue weighted by molar-refractivity contribution is -0.201. The van der Waals surface area contributed by atoms with E-state index >= 15 is 0 Å². The number of fused-ring (bicyclic) bond motifs is 2. The van der Waals surface area contributed by atoms with Crippen LogP contribution < -0.4 is 11.3 Å². The fraction of sp³-hybridized carbons (Fsp3) is 0.529. The summed E-state index contributed by atoms with van der Waals surface area (Å²) < 4.78 is 24.8. The molecule has 2 aliphatic rings. The van der Waals surface area contributed by atoms with Crippen LogP contribution in [0.2, 0.25) is 0 Å². The molecule has 4 rings (SSSR count). The third-order valence-electron chi connectivity index (χ3n) is 4.58. The normalized spacial score (nSPS) is 28.4. The van der Waals surface area contributed by atoms with Gasteiger partial charge in [0.1, 0.15) is 24.9 Å². The minimum absolute atomic E-state index is 0.0361. The monoisotopic (exact) mass is 391 g/mol. The molecule has 4 atom stereocenters. The Morgan fingerprint density at radius 2 is 2.14 bits per heavy atom. The summed E-state index contributed by atoms with van der Waals surface area (Å²) in [5, 5.41) is 0. The Balaban J connectivity index is 1.67. The van der Waals surface area contributed by atoms with Gasteiger partial charge in [0, 0.05) is 5.57 Å². The lowest BCUT2D eigenvalue weighted by atomic mass is 10.1. The maximum Gasteiger partial charge on any atom is 0.333 e. The largest absolute Gasteiger partial charge is 0.459 e. The van der Waals surface area contributed by atoms with Crippen molar-refractivity contribution in [3.63, 3.8) is 0 Å². The molecule has 0 amide bonds. The van der Waals surface area contributed by atoms with Crippen molar-refractivity contribution in [2.75, 3.05) is 12.3 Å². The van der Waals surface area contributed by atoms with Gasteiger partial charge in [-0.15, -0.1) is 0 Å². The van der Waals surface area contributed by atoms with Gasteiger partial charge in [0.2, 0.25) is 5.95 Å². The molecule has 0 spiro atoms. The number of H-pyrrole nitrogens is 1. The van der Waals surface area contributed by atoms with Crippen molar-refractivity contribution in [3.05, 3.63) is 28.8 Å². The van der Waals surface area contributed by atoms with Crippen LogP contribution in [0.1, 0.15) is 27.0 Å². The molecule has 0 aliphatic carbocycles. The number of ether oxygens (including phenoxy) is 4. The molecule has 0 aromatic carbocycles. The molecule has 0 radical (unpaired) electrons.